The molecule has 3 heterocycles. The number of ether oxygens (including phenoxy) is 1. The minimum atomic E-state index is -3.06. The summed E-state index contributed by atoms with van der Waals surface area (Å²) in [5.41, 5.74) is 7.37. The van der Waals surface area contributed by atoms with Crippen LogP contribution in [0.15, 0.2) is 30.6 Å². The van der Waals surface area contributed by atoms with E-state index in [0.717, 1.165) is 12.5 Å². The summed E-state index contributed by atoms with van der Waals surface area (Å²) in [5.74, 6) is -3.54. The molecule has 1 atom stereocenters. The molecule has 0 aliphatic rings. The molecule has 3 aromatic heterocycles. The number of halogens is 4. The van der Waals surface area contributed by atoms with E-state index in [-0.39, 0.29) is 29.5 Å². The lowest BCUT2D eigenvalue weighted by Gasteiger charge is -2.12. The molecule has 1 unspecified atom stereocenters. The average molecular weight is 512 g/mol. The lowest BCUT2D eigenvalue weighted by Crippen LogP contribution is -2.26. The van der Waals surface area contributed by atoms with Gasteiger partial charge >= 0.3 is 0 Å². The number of rotatable bonds is 8. The monoisotopic (exact) mass is 511 g/mol. The van der Waals surface area contributed by atoms with Crippen LogP contribution in [0.1, 0.15) is 24.5 Å². The van der Waals surface area contributed by atoms with Crippen molar-refractivity contribution in [3.63, 3.8) is 0 Å². The fourth-order valence-corrected chi connectivity index (χ4v) is 4.38. The van der Waals surface area contributed by atoms with Gasteiger partial charge in [-0.2, -0.15) is 0 Å². The number of imidazole rings is 1. The van der Waals surface area contributed by atoms with Crippen molar-refractivity contribution in [2.24, 2.45) is 5.73 Å². The maximum absolute atomic E-state index is 14.6. The zero-order valence-corrected chi connectivity index (χ0v) is 19.8. The molecular formula is C22H21ClF3N5O2S. The fourth-order valence-electron chi connectivity index (χ4n) is 3.24. The Morgan fingerprint density at radius 3 is 2.68 bits per heavy atom. The summed E-state index contributed by atoms with van der Waals surface area (Å²) < 4.78 is 49.0. The highest BCUT2D eigenvalue weighted by Crippen LogP contribution is 2.36. The smallest absolute Gasteiger partial charge is 0.271 e. The van der Waals surface area contributed by atoms with Crippen LogP contribution < -0.4 is 10.5 Å². The molecule has 4 rings (SSSR count). The summed E-state index contributed by atoms with van der Waals surface area (Å²) in [5, 5.41) is 18.2. The first-order valence-corrected chi connectivity index (χ1v) is 11.5. The third kappa shape index (κ3) is 5.02. The van der Waals surface area contributed by atoms with Crippen molar-refractivity contribution >= 4 is 28.6 Å². The molecular weight excluding hydrogens is 491 g/mol. The lowest BCUT2D eigenvalue weighted by atomic mass is 10.1. The van der Waals surface area contributed by atoms with Crippen molar-refractivity contribution in [2.75, 3.05) is 13.2 Å². The molecule has 0 bridgehead atoms. The van der Waals surface area contributed by atoms with Crippen molar-refractivity contribution in [1.82, 2.24) is 19.6 Å². The van der Waals surface area contributed by atoms with Crippen LogP contribution in [-0.2, 0) is 5.92 Å². The van der Waals surface area contributed by atoms with Crippen LogP contribution >= 0.6 is 22.9 Å². The number of benzene rings is 1. The van der Waals surface area contributed by atoms with E-state index in [1.807, 2.05) is 0 Å². The van der Waals surface area contributed by atoms with E-state index in [9.17, 15) is 13.2 Å². The van der Waals surface area contributed by atoms with Gasteiger partial charge in [-0.05, 0) is 37.1 Å². The maximum Gasteiger partial charge on any atom is 0.271 e. The first-order chi connectivity index (χ1) is 16.1. The number of fused-ring (bicyclic) bond motifs is 1. The number of hydrogen-bond donors (Lipinski definition) is 2. The first kappa shape index (κ1) is 24.4. The van der Waals surface area contributed by atoms with Crippen LogP contribution in [0.2, 0.25) is 5.02 Å². The maximum atomic E-state index is 14.6. The highest BCUT2D eigenvalue weighted by molar-refractivity contribution is 7.17. The largest absolute Gasteiger partial charge is 0.490 e. The normalized spacial score (nSPS) is 12.9. The first-order valence-electron chi connectivity index (χ1n) is 10.3. The Morgan fingerprint density at radius 1 is 1.24 bits per heavy atom. The Labute approximate surface area is 202 Å². The summed E-state index contributed by atoms with van der Waals surface area (Å²) >= 11 is 7.34. The number of aromatic nitrogens is 4. The second-order valence-corrected chi connectivity index (χ2v) is 9.30. The van der Waals surface area contributed by atoms with Crippen molar-refractivity contribution in [1.29, 1.82) is 0 Å². The van der Waals surface area contributed by atoms with E-state index >= 15 is 0 Å². The molecule has 7 nitrogen and oxygen atoms in total. The average Bonchev–Trinajstić information content (AvgIpc) is 3.42. The van der Waals surface area contributed by atoms with Gasteiger partial charge in [0, 0.05) is 36.5 Å². The van der Waals surface area contributed by atoms with E-state index in [1.54, 1.807) is 19.2 Å². The van der Waals surface area contributed by atoms with Gasteiger partial charge in [0.1, 0.15) is 10.7 Å². The van der Waals surface area contributed by atoms with Crippen LogP contribution in [0.25, 0.3) is 26.9 Å². The van der Waals surface area contributed by atoms with Crippen LogP contribution in [0.4, 0.5) is 13.2 Å². The van der Waals surface area contributed by atoms with Crippen molar-refractivity contribution < 1.29 is 23.0 Å². The van der Waals surface area contributed by atoms with E-state index in [4.69, 9.17) is 27.2 Å². The molecule has 0 saturated heterocycles. The highest BCUT2D eigenvalue weighted by Gasteiger charge is 2.26. The molecule has 0 aliphatic carbocycles. The van der Waals surface area contributed by atoms with Gasteiger partial charge in [0.25, 0.3) is 5.92 Å². The topological polar surface area (TPSA) is 98.6 Å². The van der Waals surface area contributed by atoms with Gasteiger partial charge in [-0.1, -0.05) is 22.9 Å². The third-order valence-electron chi connectivity index (χ3n) is 5.15. The second-order valence-electron chi connectivity index (χ2n) is 7.91. The zero-order chi connectivity index (χ0) is 24.6. The van der Waals surface area contributed by atoms with E-state index in [1.165, 1.54) is 34.1 Å². The Hall–Kier alpha value is -2.73. The molecule has 0 amide bonds. The van der Waals surface area contributed by atoms with Gasteiger partial charge in [0.2, 0.25) is 0 Å². The molecule has 1 aromatic carbocycles. The summed E-state index contributed by atoms with van der Waals surface area (Å²) in [6.45, 7) is 2.58. The molecule has 34 heavy (non-hydrogen) atoms. The number of hydrogen-bond acceptors (Lipinski definition) is 7. The highest BCUT2D eigenvalue weighted by atomic mass is 35.5. The second kappa shape index (κ2) is 9.49. The molecule has 0 fully saturated rings. The van der Waals surface area contributed by atoms with Gasteiger partial charge < -0.3 is 20.0 Å². The Morgan fingerprint density at radius 2 is 1.97 bits per heavy atom. The summed E-state index contributed by atoms with van der Waals surface area (Å²) in [7, 11) is 0. The molecule has 0 saturated carbocycles. The number of nitrogens with two attached hydrogens (primary N) is 1. The summed E-state index contributed by atoms with van der Waals surface area (Å²) in [4.78, 5) is 4.39. The van der Waals surface area contributed by atoms with Gasteiger partial charge in [-0.25, -0.2) is 18.2 Å². The van der Waals surface area contributed by atoms with Crippen molar-refractivity contribution in [2.45, 2.75) is 32.2 Å². The van der Waals surface area contributed by atoms with Crippen LogP contribution in [0.5, 0.6) is 5.75 Å². The van der Waals surface area contributed by atoms with Crippen LogP contribution in [0.3, 0.4) is 0 Å². The Kier molecular flexibility index (Phi) is 6.81. The van der Waals surface area contributed by atoms with E-state index in [0.29, 0.717) is 33.3 Å². The summed E-state index contributed by atoms with van der Waals surface area (Å²) in [6.07, 6.45) is 3.20. The number of aliphatic hydroxyl groups excluding tert-OH is 1. The molecule has 0 spiro atoms. The molecule has 12 heteroatoms. The number of aryl methyl sites for hydroxylation is 1. The molecule has 3 N–H and O–H groups in total. The summed E-state index contributed by atoms with van der Waals surface area (Å²) in [6, 6.07) is 3.64. The minimum Gasteiger partial charge on any atom is -0.490 e. The van der Waals surface area contributed by atoms with E-state index < -0.39 is 17.8 Å². The minimum absolute atomic E-state index is 0.0784. The number of nitrogens with zero attached hydrogens (tertiary/aromatic N) is 4. The van der Waals surface area contributed by atoms with Gasteiger partial charge in [-0.15, -0.1) is 10.2 Å². The zero-order valence-electron chi connectivity index (χ0n) is 18.2. The van der Waals surface area contributed by atoms with Crippen LogP contribution in [0, 0.1) is 12.7 Å². The number of pyridine rings is 1. The Balaban J connectivity index is 1.60. The van der Waals surface area contributed by atoms with Gasteiger partial charge in [-0.3, -0.25) is 0 Å². The standard InChI is InChI=1S/C22H21ClF3N5O2S/c1-11-5-18(33-4-3-13(27)10-32)16(24)7-14(11)20-29-30-21(34-20)17-9-31-8-12(22(2,25)26)6-15(23)19(31)28-17/h5-9,13,32H,3-4,10,27H2,1-2H3. The quantitative estimate of drug-likeness (QED) is 0.352. The van der Waals surface area contributed by atoms with Gasteiger partial charge in [0.15, 0.2) is 22.2 Å². The van der Waals surface area contributed by atoms with Crippen molar-refractivity contribution in [3.05, 3.63) is 52.6 Å². The third-order valence-corrected chi connectivity index (χ3v) is 6.40. The predicted octanol–water partition coefficient (Wildman–Crippen LogP) is 4.82. The van der Waals surface area contributed by atoms with Gasteiger partial charge in [0.05, 0.1) is 18.2 Å². The molecule has 4 aromatic rings. The number of alkyl halides is 2. The Bertz CT molecular complexity index is 1340. The lowest BCUT2D eigenvalue weighted by molar-refractivity contribution is 0.0170. The van der Waals surface area contributed by atoms with Crippen molar-refractivity contribution in [3.8, 4) is 27.0 Å². The number of aliphatic hydroxyl groups is 1. The SMILES string of the molecule is Cc1cc(OCCC(N)CO)c(F)cc1-c1nnc(-c2cn3cc(C(C)(F)F)cc(Cl)c3n2)s1. The predicted molar refractivity (Wildman–Crippen MR) is 124 cm³/mol. The molecule has 0 radical (unpaired) electrons. The van der Waals surface area contributed by atoms with Crippen LogP contribution in [-0.4, -0.2) is 43.9 Å². The molecule has 0 aliphatic heterocycles. The molecule has 180 valence electrons. The fraction of sp³-hybridized carbons (Fsp3) is 0.318. The van der Waals surface area contributed by atoms with E-state index in [2.05, 4.69) is 15.2 Å².